The van der Waals surface area contributed by atoms with Crippen molar-refractivity contribution in [2.45, 2.75) is 37.3 Å². The molecule has 1 aromatic rings. The zero-order valence-corrected chi connectivity index (χ0v) is 14.9. The molecule has 2 rings (SSSR count). The van der Waals surface area contributed by atoms with Gasteiger partial charge in [-0.15, -0.1) is 12.4 Å². The van der Waals surface area contributed by atoms with Gasteiger partial charge in [0.15, 0.2) is 5.03 Å². The second-order valence-electron chi connectivity index (χ2n) is 5.69. The standard InChI is InChI=1S/C13H23N5O3S.ClH/c1-9-17-13(8-18(9)2)22(20,21)16-6-5-12(19)15-7-11(14)10-3-4-10;/h8,10-11,16H,3-7,14H2,1-2H3,(H,15,19);1H. The fourth-order valence-electron chi connectivity index (χ4n) is 2.04. The molecule has 0 bridgehead atoms. The summed E-state index contributed by atoms with van der Waals surface area (Å²) in [6.07, 6.45) is 3.76. The number of carbonyl (C=O) groups is 1. The number of rotatable bonds is 8. The molecule has 4 N–H and O–H groups in total. The number of nitrogens with one attached hydrogen (secondary N) is 2. The van der Waals surface area contributed by atoms with Gasteiger partial charge in [-0.05, 0) is 25.7 Å². The Labute approximate surface area is 142 Å². The molecule has 8 nitrogen and oxygen atoms in total. The number of nitrogens with two attached hydrogens (primary N) is 1. The lowest BCUT2D eigenvalue weighted by Crippen LogP contribution is -2.39. The quantitative estimate of drug-likeness (QED) is 0.583. The number of hydrogen-bond donors (Lipinski definition) is 3. The highest BCUT2D eigenvalue weighted by molar-refractivity contribution is 7.89. The highest BCUT2D eigenvalue weighted by Gasteiger charge is 2.28. The number of aromatic nitrogens is 2. The fourth-order valence-corrected chi connectivity index (χ4v) is 3.11. The van der Waals surface area contributed by atoms with Crippen LogP contribution in [0.15, 0.2) is 11.2 Å². The van der Waals surface area contributed by atoms with Crippen LogP contribution < -0.4 is 15.8 Å². The third-order valence-electron chi connectivity index (χ3n) is 3.77. The molecule has 1 saturated carbocycles. The molecule has 0 saturated heterocycles. The highest BCUT2D eigenvalue weighted by atomic mass is 35.5. The zero-order valence-electron chi connectivity index (χ0n) is 13.3. The maximum atomic E-state index is 12.0. The number of halogens is 1. The van der Waals surface area contributed by atoms with Crippen molar-refractivity contribution in [1.82, 2.24) is 19.6 Å². The summed E-state index contributed by atoms with van der Waals surface area (Å²) in [5.41, 5.74) is 5.88. The first-order valence-corrected chi connectivity index (χ1v) is 8.80. The molecule has 23 heavy (non-hydrogen) atoms. The van der Waals surface area contributed by atoms with E-state index in [1.807, 2.05) is 0 Å². The first-order chi connectivity index (χ1) is 10.3. The van der Waals surface area contributed by atoms with Crippen LogP contribution in [0.3, 0.4) is 0 Å². The average molecular weight is 366 g/mol. The molecule has 1 heterocycles. The van der Waals surface area contributed by atoms with Crippen LogP contribution >= 0.6 is 12.4 Å². The number of aryl methyl sites for hydroxylation is 2. The maximum absolute atomic E-state index is 12.0. The van der Waals surface area contributed by atoms with Crippen LogP contribution in [0.5, 0.6) is 0 Å². The molecule has 10 heteroatoms. The Hall–Kier alpha value is -1.16. The van der Waals surface area contributed by atoms with E-state index in [0.29, 0.717) is 18.3 Å². The molecule has 132 valence electrons. The molecule has 1 aliphatic carbocycles. The van der Waals surface area contributed by atoms with E-state index < -0.39 is 10.0 Å². The van der Waals surface area contributed by atoms with Gasteiger partial charge in [0.2, 0.25) is 5.91 Å². The molecule has 1 amide bonds. The van der Waals surface area contributed by atoms with E-state index in [2.05, 4.69) is 15.0 Å². The first-order valence-electron chi connectivity index (χ1n) is 7.31. The Morgan fingerprint density at radius 3 is 2.70 bits per heavy atom. The number of imidazole rings is 1. The molecule has 0 radical (unpaired) electrons. The molecule has 0 aromatic carbocycles. The summed E-state index contributed by atoms with van der Waals surface area (Å²) in [6, 6.07) is -0.00265. The number of nitrogens with zero attached hydrogens (tertiary/aromatic N) is 2. The molecule has 1 unspecified atom stereocenters. The summed E-state index contributed by atoms with van der Waals surface area (Å²) in [5.74, 6) is 0.911. The van der Waals surface area contributed by atoms with Crippen LogP contribution in [0.2, 0.25) is 0 Å². The van der Waals surface area contributed by atoms with Crippen LogP contribution in [0.1, 0.15) is 25.1 Å². The van der Waals surface area contributed by atoms with E-state index in [9.17, 15) is 13.2 Å². The van der Waals surface area contributed by atoms with Crippen molar-refractivity contribution >= 4 is 28.3 Å². The van der Waals surface area contributed by atoms with Crippen molar-refractivity contribution in [3.8, 4) is 0 Å². The minimum Gasteiger partial charge on any atom is -0.354 e. The van der Waals surface area contributed by atoms with Crippen LogP contribution in [-0.4, -0.2) is 43.0 Å². The summed E-state index contributed by atoms with van der Waals surface area (Å²) in [4.78, 5) is 15.6. The Morgan fingerprint density at radius 1 is 1.52 bits per heavy atom. The molecule has 0 aliphatic heterocycles. The molecular formula is C13H24ClN5O3S. The zero-order chi connectivity index (χ0) is 16.3. The summed E-state index contributed by atoms with van der Waals surface area (Å²) in [6.45, 7) is 2.19. The van der Waals surface area contributed by atoms with E-state index in [-0.39, 0.29) is 42.3 Å². The largest absolute Gasteiger partial charge is 0.354 e. The second-order valence-corrected chi connectivity index (χ2v) is 7.40. The number of hydrogen-bond acceptors (Lipinski definition) is 5. The van der Waals surface area contributed by atoms with Gasteiger partial charge in [-0.25, -0.2) is 18.1 Å². The fraction of sp³-hybridized carbons (Fsp3) is 0.692. The first kappa shape index (κ1) is 19.9. The van der Waals surface area contributed by atoms with Gasteiger partial charge in [0.1, 0.15) is 5.82 Å². The molecule has 0 spiro atoms. The van der Waals surface area contributed by atoms with Crippen LogP contribution in [0.25, 0.3) is 0 Å². The van der Waals surface area contributed by atoms with Gasteiger partial charge in [-0.1, -0.05) is 0 Å². The predicted octanol–water partition coefficient (Wildman–Crippen LogP) is -0.328. The Morgan fingerprint density at radius 2 is 2.17 bits per heavy atom. The average Bonchev–Trinajstić information content (AvgIpc) is 3.23. The smallest absolute Gasteiger partial charge is 0.259 e. The summed E-state index contributed by atoms with van der Waals surface area (Å²) >= 11 is 0. The van der Waals surface area contributed by atoms with E-state index in [4.69, 9.17) is 5.73 Å². The van der Waals surface area contributed by atoms with Gasteiger partial charge in [-0.2, -0.15) is 0 Å². The van der Waals surface area contributed by atoms with Crippen molar-refractivity contribution in [3.63, 3.8) is 0 Å². The number of amides is 1. The van der Waals surface area contributed by atoms with Gasteiger partial charge in [0.05, 0.1) is 0 Å². The van der Waals surface area contributed by atoms with Crippen molar-refractivity contribution < 1.29 is 13.2 Å². The SMILES string of the molecule is Cc1nc(S(=O)(=O)NCCC(=O)NCC(N)C2CC2)cn1C.Cl. The second kappa shape index (κ2) is 8.09. The molecule has 1 atom stereocenters. The topological polar surface area (TPSA) is 119 Å². The van der Waals surface area contributed by atoms with Gasteiger partial charge in [0, 0.05) is 38.8 Å². The maximum Gasteiger partial charge on any atom is 0.259 e. The van der Waals surface area contributed by atoms with Gasteiger partial charge >= 0.3 is 0 Å². The lowest BCUT2D eigenvalue weighted by molar-refractivity contribution is -0.121. The van der Waals surface area contributed by atoms with Crippen molar-refractivity contribution in [3.05, 3.63) is 12.0 Å². The third kappa shape index (κ3) is 5.76. The highest BCUT2D eigenvalue weighted by Crippen LogP contribution is 2.31. The van der Waals surface area contributed by atoms with E-state index in [1.165, 1.54) is 6.20 Å². The predicted molar refractivity (Wildman–Crippen MR) is 88.7 cm³/mol. The normalized spacial score (nSPS) is 15.8. The van der Waals surface area contributed by atoms with Crippen molar-refractivity contribution in [2.75, 3.05) is 13.1 Å². The number of carbonyl (C=O) groups excluding carboxylic acids is 1. The lowest BCUT2D eigenvalue weighted by atomic mass is 10.2. The molecular weight excluding hydrogens is 342 g/mol. The summed E-state index contributed by atoms with van der Waals surface area (Å²) < 4.78 is 28.0. The van der Waals surface area contributed by atoms with E-state index >= 15 is 0 Å². The van der Waals surface area contributed by atoms with Crippen molar-refractivity contribution in [2.24, 2.45) is 18.7 Å². The minimum atomic E-state index is -3.68. The van der Waals surface area contributed by atoms with Gasteiger partial charge in [-0.3, -0.25) is 4.79 Å². The van der Waals surface area contributed by atoms with E-state index in [0.717, 1.165) is 12.8 Å². The van der Waals surface area contributed by atoms with E-state index in [1.54, 1.807) is 18.5 Å². The van der Waals surface area contributed by atoms with Crippen LogP contribution in [0.4, 0.5) is 0 Å². The lowest BCUT2D eigenvalue weighted by Gasteiger charge is -2.11. The Kier molecular flexibility index (Phi) is 7.00. The number of sulfonamides is 1. The van der Waals surface area contributed by atoms with Crippen molar-refractivity contribution in [1.29, 1.82) is 0 Å². The molecule has 1 aromatic heterocycles. The van der Waals surface area contributed by atoms with Gasteiger partial charge in [0.25, 0.3) is 10.0 Å². The van der Waals surface area contributed by atoms with Crippen LogP contribution in [0, 0.1) is 12.8 Å². The molecule has 1 fully saturated rings. The Bertz CT molecular complexity index is 623. The Balaban J connectivity index is 0.00000264. The minimum absolute atomic E-state index is 0. The monoisotopic (exact) mass is 365 g/mol. The third-order valence-corrected chi connectivity index (χ3v) is 5.10. The van der Waals surface area contributed by atoms with Gasteiger partial charge < -0.3 is 15.6 Å². The van der Waals surface area contributed by atoms with Crippen LogP contribution in [-0.2, 0) is 21.9 Å². The summed E-state index contributed by atoms with van der Waals surface area (Å²) in [5, 5.41) is 2.69. The molecule has 1 aliphatic rings. The summed E-state index contributed by atoms with van der Waals surface area (Å²) in [7, 11) is -1.96.